The molecule has 0 saturated carbocycles. The van der Waals surface area contributed by atoms with Gasteiger partial charge in [0.15, 0.2) is 0 Å². The number of amides is 1. The predicted octanol–water partition coefficient (Wildman–Crippen LogP) is 3.60. The van der Waals surface area contributed by atoms with Crippen LogP contribution in [-0.2, 0) is 0 Å². The van der Waals surface area contributed by atoms with E-state index >= 15 is 0 Å². The molecule has 2 atom stereocenters. The summed E-state index contributed by atoms with van der Waals surface area (Å²) in [7, 11) is 0. The molecule has 4 heterocycles. The first-order valence-electron chi connectivity index (χ1n) is 7.45. The molecule has 0 aliphatic carbocycles. The van der Waals surface area contributed by atoms with Gasteiger partial charge in [-0.1, -0.05) is 0 Å². The monoisotopic (exact) mass is 397 g/mol. The Morgan fingerprint density at radius 2 is 2.18 bits per heavy atom. The van der Waals surface area contributed by atoms with Crippen LogP contribution in [-0.4, -0.2) is 41.0 Å². The van der Waals surface area contributed by atoms with E-state index in [2.05, 4.69) is 26.2 Å². The lowest BCUT2D eigenvalue weighted by Gasteiger charge is -2.23. The fourth-order valence-corrected chi connectivity index (χ4v) is 5.46. The maximum atomic E-state index is 12.7. The van der Waals surface area contributed by atoms with Gasteiger partial charge in [-0.25, -0.2) is 4.98 Å². The van der Waals surface area contributed by atoms with Crippen LogP contribution in [0.2, 0.25) is 0 Å². The van der Waals surface area contributed by atoms with Gasteiger partial charge in [0.1, 0.15) is 10.7 Å². The fraction of sp³-hybridized carbons (Fsp3) is 0.467. The van der Waals surface area contributed by atoms with E-state index in [-0.39, 0.29) is 5.91 Å². The normalized spacial score (nSPS) is 24.5. The van der Waals surface area contributed by atoms with Gasteiger partial charge in [0.05, 0.1) is 8.66 Å². The molecule has 1 N–H and O–H groups in total. The third-order valence-electron chi connectivity index (χ3n) is 4.32. The van der Waals surface area contributed by atoms with Crippen LogP contribution in [0.3, 0.4) is 0 Å². The molecule has 0 radical (unpaired) electrons. The third kappa shape index (κ3) is 2.87. The number of halogens is 1. The smallest absolute Gasteiger partial charge is 0.273 e. The number of nitrogens with one attached hydrogen (secondary N) is 1. The molecule has 2 aromatic heterocycles. The molecular weight excluding hydrogens is 382 g/mol. The quantitative estimate of drug-likeness (QED) is 0.841. The van der Waals surface area contributed by atoms with Crippen LogP contribution >= 0.6 is 38.6 Å². The zero-order chi connectivity index (χ0) is 15.1. The molecule has 0 spiro atoms. The summed E-state index contributed by atoms with van der Waals surface area (Å²) in [5, 5.41) is 6.42. The number of hydrogen-bond acceptors (Lipinski definition) is 5. The number of thiophene rings is 1. The zero-order valence-corrected chi connectivity index (χ0v) is 15.1. The summed E-state index contributed by atoms with van der Waals surface area (Å²) in [5.41, 5.74) is 0.585. The van der Waals surface area contributed by atoms with Gasteiger partial charge in [0, 0.05) is 30.6 Å². The lowest BCUT2D eigenvalue weighted by atomic mass is 10.1. The fourth-order valence-electron chi connectivity index (χ4n) is 3.20. The Bertz CT molecular complexity index is 699. The molecule has 1 amide bonds. The van der Waals surface area contributed by atoms with E-state index in [9.17, 15) is 4.79 Å². The van der Waals surface area contributed by atoms with Crippen molar-refractivity contribution in [1.29, 1.82) is 0 Å². The highest BCUT2D eigenvalue weighted by molar-refractivity contribution is 9.11. The van der Waals surface area contributed by atoms with Crippen molar-refractivity contribution in [2.45, 2.75) is 31.3 Å². The Kier molecular flexibility index (Phi) is 4.06. The van der Waals surface area contributed by atoms with Crippen LogP contribution in [0.4, 0.5) is 0 Å². The SMILES string of the molecule is O=C(c1csc(-c2ccc(Br)s2)n1)N1CCC2CCC(C1)N2. The van der Waals surface area contributed by atoms with E-state index in [1.807, 2.05) is 22.4 Å². The van der Waals surface area contributed by atoms with Crippen LogP contribution in [0.5, 0.6) is 0 Å². The lowest BCUT2D eigenvalue weighted by molar-refractivity contribution is 0.0743. The Labute approximate surface area is 145 Å². The highest BCUT2D eigenvalue weighted by Crippen LogP contribution is 2.33. The number of hydrogen-bond donors (Lipinski definition) is 1. The summed E-state index contributed by atoms with van der Waals surface area (Å²) >= 11 is 6.66. The van der Waals surface area contributed by atoms with Gasteiger partial charge in [0.2, 0.25) is 0 Å². The van der Waals surface area contributed by atoms with E-state index in [0.29, 0.717) is 17.8 Å². The van der Waals surface area contributed by atoms with Crippen LogP contribution < -0.4 is 5.32 Å². The molecule has 0 aromatic carbocycles. The van der Waals surface area contributed by atoms with Gasteiger partial charge in [-0.2, -0.15) is 0 Å². The summed E-state index contributed by atoms with van der Waals surface area (Å²) < 4.78 is 1.08. The average Bonchev–Trinajstić information content (AvgIpc) is 3.18. The number of thiazole rings is 1. The van der Waals surface area contributed by atoms with E-state index in [0.717, 1.165) is 33.2 Å². The molecule has 2 saturated heterocycles. The molecule has 116 valence electrons. The Hall–Kier alpha value is -0.760. The van der Waals surface area contributed by atoms with Crippen molar-refractivity contribution < 1.29 is 4.79 Å². The van der Waals surface area contributed by atoms with Gasteiger partial charge in [-0.3, -0.25) is 4.79 Å². The molecule has 2 fully saturated rings. The summed E-state index contributed by atoms with van der Waals surface area (Å²) in [6.07, 6.45) is 3.48. The minimum absolute atomic E-state index is 0.0764. The van der Waals surface area contributed by atoms with Crippen molar-refractivity contribution in [3.8, 4) is 9.88 Å². The lowest BCUT2D eigenvalue weighted by Crippen LogP contribution is -2.39. The maximum Gasteiger partial charge on any atom is 0.273 e. The second-order valence-electron chi connectivity index (χ2n) is 5.82. The Balaban J connectivity index is 1.52. The minimum atomic E-state index is 0.0764. The van der Waals surface area contributed by atoms with Crippen molar-refractivity contribution >= 4 is 44.5 Å². The number of carbonyl (C=O) groups is 1. The van der Waals surface area contributed by atoms with Crippen molar-refractivity contribution in [3.63, 3.8) is 0 Å². The molecule has 4 rings (SSSR count). The maximum absolute atomic E-state index is 12.7. The molecule has 2 bridgehead atoms. The van der Waals surface area contributed by atoms with Crippen LogP contribution in [0.1, 0.15) is 29.8 Å². The van der Waals surface area contributed by atoms with Gasteiger partial charge < -0.3 is 10.2 Å². The largest absolute Gasteiger partial charge is 0.336 e. The highest BCUT2D eigenvalue weighted by atomic mass is 79.9. The number of carbonyl (C=O) groups excluding carboxylic acids is 1. The summed E-state index contributed by atoms with van der Waals surface area (Å²) in [6, 6.07) is 5.11. The van der Waals surface area contributed by atoms with E-state index < -0.39 is 0 Å². The van der Waals surface area contributed by atoms with Gasteiger partial charge in [-0.15, -0.1) is 22.7 Å². The van der Waals surface area contributed by atoms with E-state index in [1.54, 1.807) is 22.7 Å². The highest BCUT2D eigenvalue weighted by Gasteiger charge is 2.32. The summed E-state index contributed by atoms with van der Waals surface area (Å²) in [4.78, 5) is 20.3. The first-order valence-corrected chi connectivity index (χ1v) is 9.94. The first kappa shape index (κ1) is 14.8. The topological polar surface area (TPSA) is 45.2 Å². The second-order valence-corrected chi connectivity index (χ2v) is 9.14. The number of fused-ring (bicyclic) bond motifs is 2. The molecule has 2 unspecified atom stereocenters. The minimum Gasteiger partial charge on any atom is -0.336 e. The summed E-state index contributed by atoms with van der Waals surface area (Å²) in [6.45, 7) is 1.65. The van der Waals surface area contributed by atoms with Crippen molar-refractivity contribution in [2.75, 3.05) is 13.1 Å². The zero-order valence-electron chi connectivity index (χ0n) is 11.9. The standard InChI is InChI=1S/C15H16BrN3OS2/c16-13-4-3-12(22-13)14-18-11(8-21-14)15(20)19-6-5-9-1-2-10(7-19)17-9/h3-4,8-10,17H,1-2,5-7H2. The molecule has 7 heteroatoms. The molecular formula is C15H16BrN3OS2. The molecule has 2 aliphatic rings. The molecule has 4 nitrogen and oxygen atoms in total. The van der Waals surface area contributed by atoms with Crippen molar-refractivity contribution in [1.82, 2.24) is 15.2 Å². The van der Waals surface area contributed by atoms with Gasteiger partial charge >= 0.3 is 0 Å². The van der Waals surface area contributed by atoms with Crippen molar-refractivity contribution in [3.05, 3.63) is 27.0 Å². The number of likely N-dealkylation sites (tertiary alicyclic amines) is 1. The average molecular weight is 398 g/mol. The van der Waals surface area contributed by atoms with Crippen LogP contribution in [0.25, 0.3) is 9.88 Å². The molecule has 22 heavy (non-hydrogen) atoms. The Morgan fingerprint density at radius 1 is 1.32 bits per heavy atom. The van der Waals surface area contributed by atoms with Crippen LogP contribution in [0, 0.1) is 0 Å². The number of rotatable bonds is 2. The van der Waals surface area contributed by atoms with Crippen LogP contribution in [0.15, 0.2) is 21.3 Å². The first-order chi connectivity index (χ1) is 10.7. The number of nitrogens with zero attached hydrogens (tertiary/aromatic N) is 2. The van der Waals surface area contributed by atoms with Gasteiger partial charge in [0.25, 0.3) is 5.91 Å². The number of aromatic nitrogens is 1. The molecule has 2 aromatic rings. The summed E-state index contributed by atoms with van der Waals surface area (Å²) in [5.74, 6) is 0.0764. The van der Waals surface area contributed by atoms with Crippen molar-refractivity contribution in [2.24, 2.45) is 0 Å². The third-order valence-corrected chi connectivity index (χ3v) is 6.95. The molecule has 2 aliphatic heterocycles. The Morgan fingerprint density at radius 3 is 3.00 bits per heavy atom. The van der Waals surface area contributed by atoms with E-state index in [4.69, 9.17) is 0 Å². The predicted molar refractivity (Wildman–Crippen MR) is 93.6 cm³/mol. The van der Waals surface area contributed by atoms with Gasteiger partial charge in [-0.05, 0) is 47.3 Å². The second kappa shape index (κ2) is 6.03. The van der Waals surface area contributed by atoms with E-state index in [1.165, 1.54) is 12.8 Å².